The molecule has 1 fully saturated rings. The van der Waals surface area contributed by atoms with Gasteiger partial charge in [0.25, 0.3) is 0 Å². The lowest BCUT2D eigenvalue weighted by molar-refractivity contribution is 0.0905. The Morgan fingerprint density at radius 2 is 2.38 bits per heavy atom. The van der Waals surface area contributed by atoms with Gasteiger partial charge in [0.2, 0.25) is 0 Å². The quantitative estimate of drug-likeness (QED) is 0.825. The van der Waals surface area contributed by atoms with Crippen molar-refractivity contribution in [2.75, 3.05) is 18.9 Å². The third-order valence-electron chi connectivity index (χ3n) is 2.71. The first-order valence-electron chi connectivity index (χ1n) is 5.56. The van der Waals surface area contributed by atoms with E-state index in [0.29, 0.717) is 29.2 Å². The third-order valence-corrected chi connectivity index (χ3v) is 3.01. The Morgan fingerprint density at radius 1 is 1.50 bits per heavy atom. The topological polar surface area (TPSA) is 44.5 Å². The molecule has 1 aromatic carbocycles. The standard InChI is InChI=1S/C12H16ClNO2/c13-10-4-1-5-11(14)12(10)16-8-6-9-3-2-7-15-9/h1,4-5,9H,2-3,6-8,14H2. The Bertz CT molecular complexity index is 331. The molecule has 1 aliphatic heterocycles. The summed E-state index contributed by atoms with van der Waals surface area (Å²) >= 11 is 5.99. The average molecular weight is 242 g/mol. The van der Waals surface area contributed by atoms with Gasteiger partial charge in [0, 0.05) is 13.0 Å². The van der Waals surface area contributed by atoms with Gasteiger partial charge in [0.1, 0.15) is 0 Å². The van der Waals surface area contributed by atoms with E-state index < -0.39 is 0 Å². The fraction of sp³-hybridized carbons (Fsp3) is 0.500. The summed E-state index contributed by atoms with van der Waals surface area (Å²) in [7, 11) is 0. The van der Waals surface area contributed by atoms with Crippen LogP contribution >= 0.6 is 11.6 Å². The first-order valence-corrected chi connectivity index (χ1v) is 5.93. The van der Waals surface area contributed by atoms with Crippen molar-refractivity contribution in [2.45, 2.75) is 25.4 Å². The van der Waals surface area contributed by atoms with Crippen molar-refractivity contribution in [1.29, 1.82) is 0 Å². The maximum atomic E-state index is 5.99. The molecule has 1 saturated heterocycles. The number of hydrogen-bond acceptors (Lipinski definition) is 3. The number of rotatable bonds is 4. The summed E-state index contributed by atoms with van der Waals surface area (Å²) in [5.74, 6) is 0.585. The molecular weight excluding hydrogens is 226 g/mol. The predicted octanol–water partition coefficient (Wildman–Crippen LogP) is 2.87. The molecule has 0 aromatic heterocycles. The largest absolute Gasteiger partial charge is 0.490 e. The number of nitrogen functional groups attached to an aromatic ring is 1. The zero-order valence-corrected chi connectivity index (χ0v) is 9.87. The molecule has 16 heavy (non-hydrogen) atoms. The molecule has 0 amide bonds. The van der Waals surface area contributed by atoms with Gasteiger partial charge in [-0.3, -0.25) is 0 Å². The summed E-state index contributed by atoms with van der Waals surface area (Å²) in [6.45, 7) is 1.47. The van der Waals surface area contributed by atoms with Gasteiger partial charge in [-0.15, -0.1) is 0 Å². The average Bonchev–Trinajstić information content (AvgIpc) is 2.75. The maximum absolute atomic E-state index is 5.99. The molecule has 0 saturated carbocycles. The lowest BCUT2D eigenvalue weighted by atomic mass is 10.2. The number of benzene rings is 1. The molecule has 3 nitrogen and oxygen atoms in total. The summed E-state index contributed by atoms with van der Waals surface area (Å²) in [4.78, 5) is 0. The van der Waals surface area contributed by atoms with Crippen molar-refractivity contribution >= 4 is 17.3 Å². The minimum atomic E-state index is 0.337. The number of nitrogens with two attached hydrogens (primary N) is 1. The van der Waals surface area contributed by atoms with Gasteiger partial charge < -0.3 is 15.2 Å². The molecule has 0 spiro atoms. The maximum Gasteiger partial charge on any atom is 0.160 e. The van der Waals surface area contributed by atoms with Crippen LogP contribution in [0.2, 0.25) is 5.02 Å². The van der Waals surface area contributed by atoms with Gasteiger partial charge in [0.15, 0.2) is 5.75 Å². The molecule has 1 unspecified atom stereocenters. The third kappa shape index (κ3) is 2.80. The molecule has 88 valence electrons. The van der Waals surface area contributed by atoms with Crippen LogP contribution < -0.4 is 10.5 Å². The van der Waals surface area contributed by atoms with Gasteiger partial charge in [0.05, 0.1) is 23.4 Å². The second-order valence-electron chi connectivity index (χ2n) is 3.93. The van der Waals surface area contributed by atoms with Crippen molar-refractivity contribution in [3.05, 3.63) is 23.2 Å². The first kappa shape index (κ1) is 11.6. The second-order valence-corrected chi connectivity index (χ2v) is 4.34. The van der Waals surface area contributed by atoms with Crippen LogP contribution in [-0.4, -0.2) is 19.3 Å². The summed E-state index contributed by atoms with van der Waals surface area (Å²) in [6.07, 6.45) is 3.51. The molecule has 0 radical (unpaired) electrons. The summed E-state index contributed by atoms with van der Waals surface area (Å²) in [6, 6.07) is 5.37. The van der Waals surface area contributed by atoms with Crippen LogP contribution in [0.25, 0.3) is 0 Å². The first-order chi connectivity index (χ1) is 7.77. The Kier molecular flexibility index (Phi) is 3.91. The highest BCUT2D eigenvalue weighted by atomic mass is 35.5. The minimum Gasteiger partial charge on any atom is -0.490 e. The van der Waals surface area contributed by atoms with E-state index in [1.54, 1.807) is 12.1 Å². The van der Waals surface area contributed by atoms with E-state index in [-0.39, 0.29) is 0 Å². The molecule has 4 heteroatoms. The number of anilines is 1. The fourth-order valence-electron chi connectivity index (χ4n) is 1.84. The van der Waals surface area contributed by atoms with Crippen LogP contribution in [0.15, 0.2) is 18.2 Å². The van der Waals surface area contributed by atoms with Crippen LogP contribution in [0, 0.1) is 0 Å². The van der Waals surface area contributed by atoms with Crippen LogP contribution in [0.1, 0.15) is 19.3 Å². The van der Waals surface area contributed by atoms with E-state index in [0.717, 1.165) is 25.9 Å². The van der Waals surface area contributed by atoms with Crippen molar-refractivity contribution < 1.29 is 9.47 Å². The summed E-state index contributed by atoms with van der Waals surface area (Å²) in [5.41, 5.74) is 6.36. The van der Waals surface area contributed by atoms with E-state index in [4.69, 9.17) is 26.8 Å². The van der Waals surface area contributed by atoms with Crippen molar-refractivity contribution in [1.82, 2.24) is 0 Å². The van der Waals surface area contributed by atoms with Crippen molar-refractivity contribution in [3.8, 4) is 5.75 Å². The molecule has 2 N–H and O–H groups in total. The van der Waals surface area contributed by atoms with E-state index in [1.165, 1.54) is 0 Å². The highest BCUT2D eigenvalue weighted by Crippen LogP contribution is 2.30. The lowest BCUT2D eigenvalue weighted by Crippen LogP contribution is -2.11. The van der Waals surface area contributed by atoms with Crippen LogP contribution in [0.4, 0.5) is 5.69 Å². The van der Waals surface area contributed by atoms with Crippen molar-refractivity contribution in [3.63, 3.8) is 0 Å². The van der Waals surface area contributed by atoms with Gasteiger partial charge in [-0.05, 0) is 25.0 Å². The van der Waals surface area contributed by atoms with Crippen LogP contribution in [0.3, 0.4) is 0 Å². The van der Waals surface area contributed by atoms with Crippen LogP contribution in [-0.2, 0) is 4.74 Å². The summed E-state index contributed by atoms with van der Waals surface area (Å²) in [5, 5.41) is 0.562. The minimum absolute atomic E-state index is 0.337. The monoisotopic (exact) mass is 241 g/mol. The molecule has 0 bridgehead atoms. The molecule has 0 aliphatic carbocycles. The normalized spacial score (nSPS) is 19.9. The fourth-order valence-corrected chi connectivity index (χ4v) is 2.08. The van der Waals surface area contributed by atoms with E-state index in [1.807, 2.05) is 6.07 Å². The summed E-state index contributed by atoms with van der Waals surface area (Å²) < 4.78 is 11.1. The Morgan fingerprint density at radius 3 is 3.06 bits per heavy atom. The van der Waals surface area contributed by atoms with Crippen LogP contribution in [0.5, 0.6) is 5.75 Å². The Balaban J connectivity index is 1.84. The number of ether oxygens (including phenoxy) is 2. The zero-order valence-electron chi connectivity index (χ0n) is 9.12. The smallest absolute Gasteiger partial charge is 0.160 e. The van der Waals surface area contributed by atoms with Gasteiger partial charge in [-0.1, -0.05) is 17.7 Å². The SMILES string of the molecule is Nc1cccc(Cl)c1OCCC1CCCO1. The number of halogens is 1. The van der Waals surface area contributed by atoms with Crippen molar-refractivity contribution in [2.24, 2.45) is 0 Å². The highest BCUT2D eigenvalue weighted by molar-refractivity contribution is 6.32. The molecule has 1 aromatic rings. The van der Waals surface area contributed by atoms with E-state index in [9.17, 15) is 0 Å². The predicted molar refractivity (Wildman–Crippen MR) is 65.0 cm³/mol. The molecule has 2 rings (SSSR count). The Hall–Kier alpha value is -0.930. The molecule has 1 atom stereocenters. The molecular formula is C12H16ClNO2. The molecule has 1 aliphatic rings. The zero-order chi connectivity index (χ0) is 11.4. The van der Waals surface area contributed by atoms with E-state index >= 15 is 0 Å². The number of para-hydroxylation sites is 1. The van der Waals surface area contributed by atoms with Gasteiger partial charge in [-0.25, -0.2) is 0 Å². The second kappa shape index (κ2) is 5.41. The van der Waals surface area contributed by atoms with Gasteiger partial charge >= 0.3 is 0 Å². The highest BCUT2D eigenvalue weighted by Gasteiger charge is 2.15. The Labute approximate surface area is 100 Å². The molecule has 1 heterocycles. The van der Waals surface area contributed by atoms with Gasteiger partial charge in [-0.2, -0.15) is 0 Å². The van der Waals surface area contributed by atoms with E-state index in [2.05, 4.69) is 0 Å². The number of hydrogen-bond donors (Lipinski definition) is 1. The lowest BCUT2D eigenvalue weighted by Gasteiger charge is -2.13.